The summed E-state index contributed by atoms with van der Waals surface area (Å²) in [6.07, 6.45) is 1.88. The van der Waals surface area contributed by atoms with Crippen LogP contribution in [0, 0.1) is 11.8 Å². The predicted molar refractivity (Wildman–Crippen MR) is 172 cm³/mol. The first-order valence-corrected chi connectivity index (χ1v) is 18.6. The number of sulfone groups is 1. The summed E-state index contributed by atoms with van der Waals surface area (Å²) < 4.78 is 52.0. The molecule has 3 atom stereocenters. The Labute approximate surface area is 269 Å². The van der Waals surface area contributed by atoms with Crippen LogP contribution < -0.4 is 20.7 Å². The molecule has 0 bridgehead atoms. The van der Waals surface area contributed by atoms with Gasteiger partial charge in [-0.1, -0.05) is 55.2 Å². The highest BCUT2D eigenvalue weighted by Gasteiger charge is 2.57. The Bertz CT molecular complexity index is 1560. The molecule has 2 fully saturated rings. The highest BCUT2D eigenvalue weighted by Crippen LogP contribution is 2.49. The molecule has 4 rings (SSSR count). The van der Waals surface area contributed by atoms with Crippen molar-refractivity contribution in [2.45, 2.75) is 56.0 Å². The van der Waals surface area contributed by atoms with Crippen molar-refractivity contribution in [2.75, 3.05) is 36.5 Å². The molecule has 1 aliphatic heterocycles. The lowest BCUT2D eigenvalue weighted by Crippen LogP contribution is -2.54. The fourth-order valence-electron chi connectivity index (χ4n) is 5.66. The van der Waals surface area contributed by atoms with Crippen LogP contribution in [0.15, 0.2) is 53.4 Å². The minimum absolute atomic E-state index is 0.0139. The molecule has 2 aromatic carbocycles. The second-order valence-electron chi connectivity index (χ2n) is 11.8. The van der Waals surface area contributed by atoms with Crippen molar-refractivity contribution in [3.63, 3.8) is 0 Å². The van der Waals surface area contributed by atoms with Gasteiger partial charge in [0.05, 0.1) is 22.1 Å². The van der Waals surface area contributed by atoms with E-state index in [1.54, 1.807) is 17.0 Å². The van der Waals surface area contributed by atoms with E-state index in [4.69, 9.17) is 23.2 Å². The number of carbonyl (C=O) groups is 2. The smallest absolute Gasteiger partial charge is 0.319 e. The van der Waals surface area contributed by atoms with Crippen molar-refractivity contribution < 1.29 is 26.4 Å². The van der Waals surface area contributed by atoms with E-state index >= 15 is 0 Å². The molecule has 2 aliphatic rings. The number of carbonyl (C=O) groups excluding carboxylic acids is 2. The minimum atomic E-state index is -3.87. The van der Waals surface area contributed by atoms with Gasteiger partial charge in [-0.3, -0.25) is 0 Å². The molecular formula is C29H39Cl2N5O6S2. The normalized spacial score (nSPS) is 22.4. The molecule has 1 heterocycles. The molecule has 0 aromatic heterocycles. The zero-order valence-corrected chi connectivity index (χ0v) is 27.8. The fourth-order valence-corrected chi connectivity index (χ4v) is 9.17. The summed E-state index contributed by atoms with van der Waals surface area (Å²) in [4.78, 5) is 28.0. The summed E-state index contributed by atoms with van der Waals surface area (Å²) in [5, 5.41) is 9.15. The monoisotopic (exact) mass is 687 g/mol. The molecule has 3 unspecified atom stereocenters. The van der Waals surface area contributed by atoms with Crippen LogP contribution in [-0.2, 0) is 19.9 Å². The summed E-state index contributed by atoms with van der Waals surface area (Å²) in [6, 6.07) is 11.9. The first-order valence-electron chi connectivity index (χ1n) is 14.5. The number of unbranched alkanes of at least 4 members (excludes halogenated alkanes) is 1. The second-order valence-corrected chi connectivity index (χ2v) is 16.6. The maximum Gasteiger partial charge on any atom is 0.319 e. The van der Waals surface area contributed by atoms with E-state index in [0.29, 0.717) is 36.4 Å². The fraction of sp³-hybridized carbons (Fsp3) is 0.517. The zero-order chi connectivity index (χ0) is 32.1. The van der Waals surface area contributed by atoms with Gasteiger partial charge in [0.1, 0.15) is 4.90 Å². The number of sulfonamides is 1. The summed E-state index contributed by atoms with van der Waals surface area (Å²) in [7, 11) is -7.07. The summed E-state index contributed by atoms with van der Waals surface area (Å²) >= 11 is 12.0. The van der Waals surface area contributed by atoms with E-state index in [-0.39, 0.29) is 58.9 Å². The van der Waals surface area contributed by atoms with E-state index < -0.39 is 37.5 Å². The van der Waals surface area contributed by atoms with Crippen LogP contribution in [0.3, 0.4) is 0 Å². The van der Waals surface area contributed by atoms with E-state index in [0.717, 1.165) is 0 Å². The van der Waals surface area contributed by atoms with Gasteiger partial charge in [-0.2, -0.15) is 0 Å². The number of rotatable bonds is 13. The van der Waals surface area contributed by atoms with E-state index in [1.165, 1.54) is 18.2 Å². The third-order valence-corrected chi connectivity index (χ3v) is 11.9. The van der Waals surface area contributed by atoms with Crippen molar-refractivity contribution in [1.82, 2.24) is 20.3 Å². The number of halogens is 2. The molecule has 2 aromatic rings. The number of anilines is 1. The maximum absolute atomic E-state index is 13.5. The highest BCUT2D eigenvalue weighted by molar-refractivity contribution is 7.91. The van der Waals surface area contributed by atoms with E-state index in [2.05, 4.69) is 34.5 Å². The average Bonchev–Trinajstić information content (AvgIpc) is 3.53. The van der Waals surface area contributed by atoms with Crippen molar-refractivity contribution in [2.24, 2.45) is 11.8 Å². The van der Waals surface area contributed by atoms with Gasteiger partial charge >= 0.3 is 12.1 Å². The van der Waals surface area contributed by atoms with Gasteiger partial charge < -0.3 is 20.9 Å². The van der Waals surface area contributed by atoms with Gasteiger partial charge in [-0.15, -0.1) is 0 Å². The third kappa shape index (κ3) is 9.23. The number of urea groups is 2. The van der Waals surface area contributed by atoms with Crippen LogP contribution in [0.5, 0.6) is 0 Å². The number of hydrogen-bond acceptors (Lipinski definition) is 6. The highest BCUT2D eigenvalue weighted by atomic mass is 35.5. The minimum Gasteiger partial charge on any atom is -0.334 e. The summed E-state index contributed by atoms with van der Waals surface area (Å²) in [5.41, 5.74) is -0.0275. The Morgan fingerprint density at radius 2 is 1.82 bits per heavy atom. The second kappa shape index (κ2) is 14.2. The number of nitrogens with one attached hydrogen (secondary N) is 4. The van der Waals surface area contributed by atoms with Crippen LogP contribution in [0.25, 0.3) is 0 Å². The number of amides is 4. The Balaban J connectivity index is 1.41. The molecule has 0 spiro atoms. The standard InChI is InChI=1S/C29H39Cl2N5O6S2/c1-20(2)24-17-29(24,35-27(37)33-22-8-4-3-5-9-22)19-36(28(38)34-23-12-15-43(39,40)18-23)14-7-6-13-32-44(41,42)26-11-10-21(30)16-25(26)31/h3-5,8-11,16,20,23-24,32H,6-7,12-15,17-19H2,1-2H3,(H,34,38)(H2,33,35,37). The van der Waals surface area contributed by atoms with Gasteiger partial charge in [0.25, 0.3) is 0 Å². The molecule has 0 radical (unpaired) electrons. The molecule has 1 saturated carbocycles. The number of para-hydroxylation sites is 1. The Morgan fingerprint density at radius 1 is 1.09 bits per heavy atom. The largest absolute Gasteiger partial charge is 0.334 e. The number of benzene rings is 2. The van der Waals surface area contributed by atoms with Crippen molar-refractivity contribution in [1.29, 1.82) is 0 Å². The lowest BCUT2D eigenvalue weighted by molar-refractivity contribution is 0.179. The molecular weight excluding hydrogens is 649 g/mol. The summed E-state index contributed by atoms with van der Waals surface area (Å²) in [6.45, 7) is 4.72. The molecule has 15 heteroatoms. The van der Waals surface area contributed by atoms with Crippen LogP contribution in [0.4, 0.5) is 15.3 Å². The zero-order valence-electron chi connectivity index (χ0n) is 24.7. The lowest BCUT2D eigenvalue weighted by atomic mass is 10.0. The Hall–Kier alpha value is -2.58. The Morgan fingerprint density at radius 3 is 2.43 bits per heavy atom. The molecule has 4 N–H and O–H groups in total. The van der Waals surface area contributed by atoms with Gasteiger partial charge in [-0.05, 0) is 67.9 Å². The molecule has 4 amide bonds. The van der Waals surface area contributed by atoms with Crippen LogP contribution in [0.1, 0.15) is 39.5 Å². The van der Waals surface area contributed by atoms with Crippen LogP contribution >= 0.6 is 23.2 Å². The van der Waals surface area contributed by atoms with Crippen molar-refractivity contribution >= 4 is 60.8 Å². The molecule has 242 valence electrons. The van der Waals surface area contributed by atoms with Crippen molar-refractivity contribution in [3.05, 3.63) is 58.6 Å². The maximum atomic E-state index is 13.5. The van der Waals surface area contributed by atoms with Crippen molar-refractivity contribution in [3.8, 4) is 0 Å². The molecule has 1 aliphatic carbocycles. The van der Waals surface area contributed by atoms with Crippen LogP contribution in [0.2, 0.25) is 10.0 Å². The Kier molecular flexibility index (Phi) is 11.1. The molecule has 11 nitrogen and oxygen atoms in total. The lowest BCUT2D eigenvalue weighted by Gasteiger charge is -2.31. The van der Waals surface area contributed by atoms with E-state index in [1.807, 2.05) is 18.2 Å². The van der Waals surface area contributed by atoms with Gasteiger partial charge in [0.2, 0.25) is 10.0 Å². The summed E-state index contributed by atoms with van der Waals surface area (Å²) in [5.74, 6) is 0.281. The van der Waals surface area contributed by atoms with Gasteiger partial charge in [-0.25, -0.2) is 31.1 Å². The first kappa shape index (κ1) is 34.3. The predicted octanol–water partition coefficient (Wildman–Crippen LogP) is 4.49. The van der Waals surface area contributed by atoms with Gasteiger partial charge in [0.15, 0.2) is 9.84 Å². The molecule has 1 saturated heterocycles. The number of hydrogen-bond donors (Lipinski definition) is 4. The SMILES string of the molecule is CC(C)C1CC1(CN(CCCCNS(=O)(=O)c1ccc(Cl)cc1Cl)C(=O)NC1CCS(=O)(=O)C1)NC(=O)Nc1ccccc1. The first-order chi connectivity index (χ1) is 20.7. The average molecular weight is 689 g/mol. The van der Waals surface area contributed by atoms with E-state index in [9.17, 15) is 26.4 Å². The topological polar surface area (TPSA) is 154 Å². The quantitative estimate of drug-likeness (QED) is 0.228. The van der Waals surface area contributed by atoms with Crippen LogP contribution in [-0.4, -0.2) is 76.5 Å². The third-order valence-electron chi connectivity index (χ3n) is 7.98. The number of nitrogens with zero attached hydrogens (tertiary/aromatic N) is 1. The van der Waals surface area contributed by atoms with Gasteiger partial charge in [0, 0.05) is 36.4 Å². The molecule has 44 heavy (non-hydrogen) atoms.